The third-order valence-electron chi connectivity index (χ3n) is 7.69. The highest BCUT2D eigenvalue weighted by atomic mass is 19.4. The number of benzene rings is 1. The smallest absolute Gasteiger partial charge is 0.391 e. The van der Waals surface area contributed by atoms with Gasteiger partial charge < -0.3 is 25.6 Å². The predicted molar refractivity (Wildman–Crippen MR) is 127 cm³/mol. The fourth-order valence-electron chi connectivity index (χ4n) is 5.76. The van der Waals surface area contributed by atoms with Crippen LogP contribution in [0.25, 0.3) is 22.2 Å². The van der Waals surface area contributed by atoms with Crippen LogP contribution >= 0.6 is 0 Å². The summed E-state index contributed by atoms with van der Waals surface area (Å²) in [5, 5.41) is 17.9. The molecule has 11 heteroatoms. The molecular formula is C25H27F3N6O2. The van der Waals surface area contributed by atoms with Crippen molar-refractivity contribution < 1.29 is 23.1 Å². The van der Waals surface area contributed by atoms with Crippen LogP contribution < -0.4 is 10.6 Å². The minimum Gasteiger partial charge on any atom is -0.391 e. The van der Waals surface area contributed by atoms with Gasteiger partial charge in [0.25, 0.3) is 5.91 Å². The SMILES string of the molecule is O=C1c2ccc3c(c[nH]c3c2)-c2nc(ncc2C(F)(F)F)N[C@H]2CC[C@@H](C2)NCC[C@H]2CN1C[C@@H]2O. The highest BCUT2D eigenvalue weighted by molar-refractivity contribution is 6.02. The molecule has 1 saturated heterocycles. The molecule has 10 bridgehead atoms. The first-order valence-corrected chi connectivity index (χ1v) is 12.3. The summed E-state index contributed by atoms with van der Waals surface area (Å²) < 4.78 is 41.7. The topological polar surface area (TPSA) is 106 Å². The van der Waals surface area contributed by atoms with Crippen LogP contribution in [0.3, 0.4) is 0 Å². The average Bonchev–Trinajstić information content (AvgIpc) is 3.56. The van der Waals surface area contributed by atoms with E-state index in [0.717, 1.165) is 38.4 Å². The zero-order chi connectivity index (χ0) is 25.0. The maximum atomic E-state index is 13.9. The Kier molecular flexibility index (Phi) is 5.64. The maximum Gasteiger partial charge on any atom is 0.419 e. The summed E-state index contributed by atoms with van der Waals surface area (Å²) in [7, 11) is 0. The van der Waals surface area contributed by atoms with E-state index in [2.05, 4.69) is 25.6 Å². The third-order valence-corrected chi connectivity index (χ3v) is 7.69. The fraction of sp³-hybridized carbons (Fsp3) is 0.480. The van der Waals surface area contributed by atoms with Crippen LogP contribution in [0, 0.1) is 5.92 Å². The molecule has 0 radical (unpaired) electrons. The molecule has 5 heterocycles. The summed E-state index contributed by atoms with van der Waals surface area (Å²) in [6.45, 7) is 1.46. The van der Waals surface area contributed by atoms with Crippen LogP contribution in [0.1, 0.15) is 41.6 Å². The standard InChI is InChI=1S/C25H27F3N6O2/c26-25(27,28)19-10-31-24-32-16-3-2-15(8-16)29-6-5-14-11-34(12-21(14)35)23(36)13-1-4-17-18(22(19)33-24)9-30-20(17)7-13/h1,4,7,9-10,14-16,21,29-30,35H,2-3,5-6,8,11-12H2,(H,31,32,33)/t14-,15-,16-,21-/m0/s1. The van der Waals surface area contributed by atoms with E-state index in [1.54, 1.807) is 23.1 Å². The van der Waals surface area contributed by atoms with Crippen LogP contribution in [-0.2, 0) is 6.18 Å². The Balaban J connectivity index is 1.44. The number of nitrogens with zero attached hydrogens (tertiary/aromatic N) is 3. The van der Waals surface area contributed by atoms with Crippen molar-refractivity contribution in [2.24, 2.45) is 5.92 Å². The molecule has 36 heavy (non-hydrogen) atoms. The lowest BCUT2D eigenvalue weighted by atomic mass is 10.0. The van der Waals surface area contributed by atoms with Crippen LogP contribution in [0.5, 0.6) is 0 Å². The van der Waals surface area contributed by atoms with Crippen LogP contribution in [0.2, 0.25) is 0 Å². The molecule has 3 aliphatic heterocycles. The van der Waals surface area contributed by atoms with Gasteiger partial charge in [0.1, 0.15) is 5.56 Å². The van der Waals surface area contributed by atoms with Crippen molar-refractivity contribution in [2.45, 2.75) is 50.0 Å². The average molecular weight is 501 g/mol. The Labute approximate surface area is 205 Å². The Bertz CT molecular complexity index is 1310. The summed E-state index contributed by atoms with van der Waals surface area (Å²) in [4.78, 5) is 26.2. The van der Waals surface area contributed by atoms with E-state index in [9.17, 15) is 23.1 Å². The zero-order valence-corrected chi connectivity index (χ0v) is 19.5. The predicted octanol–water partition coefficient (Wildman–Crippen LogP) is 3.40. The number of halogens is 3. The van der Waals surface area contributed by atoms with E-state index in [4.69, 9.17) is 0 Å². The van der Waals surface area contributed by atoms with E-state index in [0.29, 0.717) is 28.6 Å². The molecular weight excluding hydrogens is 473 g/mol. The quantitative estimate of drug-likeness (QED) is 0.377. The van der Waals surface area contributed by atoms with E-state index in [1.165, 1.54) is 6.20 Å². The van der Waals surface area contributed by atoms with Gasteiger partial charge in [0.2, 0.25) is 5.95 Å². The number of aromatic nitrogens is 3. The molecule has 190 valence electrons. The summed E-state index contributed by atoms with van der Waals surface area (Å²) in [5.41, 5.74) is 0.124. The third kappa shape index (κ3) is 4.20. The van der Waals surface area contributed by atoms with Gasteiger partial charge in [-0.25, -0.2) is 9.97 Å². The molecule has 1 amide bonds. The Morgan fingerprint density at radius 2 is 1.94 bits per heavy atom. The van der Waals surface area contributed by atoms with Crippen molar-refractivity contribution in [1.29, 1.82) is 0 Å². The molecule has 4 aliphatic rings. The zero-order valence-electron chi connectivity index (χ0n) is 19.5. The Hall–Kier alpha value is -3.18. The van der Waals surface area contributed by atoms with E-state index < -0.39 is 17.8 Å². The van der Waals surface area contributed by atoms with Gasteiger partial charge in [0.15, 0.2) is 0 Å². The lowest BCUT2D eigenvalue weighted by molar-refractivity contribution is -0.137. The number of aliphatic hydroxyl groups excluding tert-OH is 1. The van der Waals surface area contributed by atoms with Gasteiger partial charge in [0.05, 0.1) is 11.8 Å². The number of alkyl halides is 3. The molecule has 4 N–H and O–H groups in total. The van der Waals surface area contributed by atoms with Gasteiger partial charge in [-0.15, -0.1) is 0 Å². The largest absolute Gasteiger partial charge is 0.419 e. The number of nitrogens with one attached hydrogen (secondary N) is 3. The normalized spacial score (nSPS) is 26.8. The second-order valence-corrected chi connectivity index (χ2v) is 10.0. The second-order valence-electron chi connectivity index (χ2n) is 10.0. The van der Waals surface area contributed by atoms with Crippen molar-refractivity contribution in [3.8, 4) is 11.3 Å². The summed E-state index contributed by atoms with van der Waals surface area (Å²) in [5.74, 6) is -0.0464. The van der Waals surface area contributed by atoms with Crippen molar-refractivity contribution in [1.82, 2.24) is 25.2 Å². The van der Waals surface area contributed by atoms with E-state index >= 15 is 0 Å². The molecule has 4 atom stereocenters. The number of rotatable bonds is 0. The van der Waals surface area contributed by atoms with Crippen LogP contribution in [0.15, 0.2) is 30.6 Å². The molecule has 1 aliphatic carbocycles. The van der Waals surface area contributed by atoms with Gasteiger partial charge in [-0.1, -0.05) is 6.07 Å². The molecule has 7 rings (SSSR count). The van der Waals surface area contributed by atoms with Crippen LogP contribution in [0.4, 0.5) is 19.1 Å². The van der Waals surface area contributed by atoms with E-state index in [-0.39, 0.29) is 42.1 Å². The number of amides is 1. The molecule has 0 spiro atoms. The summed E-state index contributed by atoms with van der Waals surface area (Å²) >= 11 is 0. The second kappa shape index (κ2) is 8.74. The highest BCUT2D eigenvalue weighted by Gasteiger charge is 2.37. The first kappa shape index (κ1) is 23.2. The summed E-state index contributed by atoms with van der Waals surface area (Å²) in [6.07, 6.45) is 0.445. The number of fused-ring (bicyclic) bond motifs is 3. The lowest BCUT2D eigenvalue weighted by Crippen LogP contribution is -2.32. The fourth-order valence-corrected chi connectivity index (χ4v) is 5.76. The van der Waals surface area contributed by atoms with Crippen molar-refractivity contribution in [3.63, 3.8) is 0 Å². The molecule has 2 aromatic heterocycles. The number of carbonyl (C=O) groups is 1. The summed E-state index contributed by atoms with van der Waals surface area (Å²) in [6, 6.07) is 5.21. The number of aliphatic hydroxyl groups is 1. The Morgan fingerprint density at radius 1 is 1.11 bits per heavy atom. The number of hydrogen-bond acceptors (Lipinski definition) is 6. The van der Waals surface area contributed by atoms with Crippen molar-refractivity contribution >= 4 is 22.8 Å². The van der Waals surface area contributed by atoms with Gasteiger partial charge in [-0.3, -0.25) is 4.79 Å². The lowest BCUT2D eigenvalue weighted by Gasteiger charge is -2.18. The number of H-pyrrole nitrogens is 1. The number of aromatic amines is 1. The molecule has 1 aromatic carbocycles. The molecule has 3 aromatic rings. The minimum absolute atomic E-state index is 0.00431. The maximum absolute atomic E-state index is 13.9. The van der Waals surface area contributed by atoms with Crippen molar-refractivity contribution in [2.75, 3.05) is 25.0 Å². The van der Waals surface area contributed by atoms with Gasteiger partial charge in [-0.05, 0) is 44.4 Å². The van der Waals surface area contributed by atoms with Gasteiger partial charge in [0, 0.05) is 65.5 Å². The molecule has 0 unspecified atom stereocenters. The van der Waals surface area contributed by atoms with E-state index in [1.807, 2.05) is 0 Å². The number of hydrogen-bond donors (Lipinski definition) is 4. The van der Waals surface area contributed by atoms with Gasteiger partial charge >= 0.3 is 6.18 Å². The first-order chi connectivity index (χ1) is 17.3. The highest BCUT2D eigenvalue weighted by Crippen LogP contribution is 2.39. The number of anilines is 1. The molecule has 1 saturated carbocycles. The van der Waals surface area contributed by atoms with Crippen LogP contribution in [-0.4, -0.2) is 68.7 Å². The molecule has 8 nitrogen and oxygen atoms in total. The van der Waals surface area contributed by atoms with Gasteiger partial charge in [-0.2, -0.15) is 13.2 Å². The number of carbonyl (C=O) groups excluding carboxylic acids is 1. The van der Waals surface area contributed by atoms with Crippen molar-refractivity contribution in [3.05, 3.63) is 41.7 Å². The Morgan fingerprint density at radius 3 is 2.78 bits per heavy atom. The monoisotopic (exact) mass is 500 g/mol. The first-order valence-electron chi connectivity index (χ1n) is 12.3. The minimum atomic E-state index is -4.63. The molecule has 2 fully saturated rings.